The van der Waals surface area contributed by atoms with Crippen LogP contribution in [0.25, 0.3) is 11.0 Å². The Morgan fingerprint density at radius 2 is 1.97 bits per heavy atom. The van der Waals surface area contributed by atoms with Crippen LogP contribution >= 0.6 is 11.3 Å². The lowest BCUT2D eigenvalue weighted by atomic mass is 9.95. The molecule has 164 valence electrons. The molecule has 8 nitrogen and oxygen atoms in total. The number of amides is 1. The second-order valence-corrected chi connectivity index (χ2v) is 8.82. The average Bonchev–Trinajstić information content (AvgIpc) is 3.41. The maximum absolute atomic E-state index is 12.5. The van der Waals surface area contributed by atoms with Gasteiger partial charge in [0, 0.05) is 29.2 Å². The molecular weight excluding hydrogens is 424 g/mol. The Kier molecular flexibility index (Phi) is 5.72. The van der Waals surface area contributed by atoms with Crippen LogP contribution in [0.4, 0.5) is 10.9 Å². The summed E-state index contributed by atoms with van der Waals surface area (Å²) in [5.41, 5.74) is 2.10. The third-order valence-corrected chi connectivity index (χ3v) is 6.43. The van der Waals surface area contributed by atoms with Gasteiger partial charge in [-0.1, -0.05) is 19.3 Å². The van der Waals surface area contributed by atoms with Gasteiger partial charge < -0.3 is 10.1 Å². The van der Waals surface area contributed by atoms with Gasteiger partial charge in [0.25, 0.3) is 5.91 Å². The fourth-order valence-electron chi connectivity index (χ4n) is 3.93. The van der Waals surface area contributed by atoms with E-state index in [0.717, 1.165) is 29.7 Å². The van der Waals surface area contributed by atoms with E-state index >= 15 is 0 Å². The van der Waals surface area contributed by atoms with Crippen molar-refractivity contribution in [2.24, 2.45) is 0 Å². The highest BCUT2D eigenvalue weighted by Gasteiger charge is 2.19. The average molecular weight is 449 g/mol. The molecule has 3 aromatic heterocycles. The number of thiazole rings is 1. The third kappa shape index (κ3) is 4.43. The van der Waals surface area contributed by atoms with Crippen molar-refractivity contribution in [3.8, 4) is 11.5 Å². The first-order chi connectivity index (χ1) is 15.7. The van der Waals surface area contributed by atoms with Crippen LogP contribution in [0.5, 0.6) is 11.5 Å². The summed E-state index contributed by atoms with van der Waals surface area (Å²) in [5.74, 6) is 1.86. The fourth-order valence-corrected chi connectivity index (χ4v) is 4.62. The quantitative estimate of drug-likeness (QED) is 0.359. The molecule has 1 fully saturated rings. The molecule has 1 aromatic carbocycles. The van der Waals surface area contributed by atoms with E-state index in [1.807, 2.05) is 18.4 Å². The summed E-state index contributed by atoms with van der Waals surface area (Å²) in [7, 11) is 0. The highest BCUT2D eigenvalue weighted by molar-refractivity contribution is 7.13. The van der Waals surface area contributed by atoms with Crippen molar-refractivity contribution in [2.45, 2.75) is 45.1 Å². The van der Waals surface area contributed by atoms with Crippen LogP contribution in [0, 0.1) is 6.92 Å². The number of nitrogens with one attached hydrogen (secondary N) is 3. The second-order valence-electron chi connectivity index (χ2n) is 7.96. The van der Waals surface area contributed by atoms with Crippen molar-refractivity contribution >= 4 is 39.2 Å². The van der Waals surface area contributed by atoms with Gasteiger partial charge in [0.15, 0.2) is 16.6 Å². The monoisotopic (exact) mass is 448 g/mol. The first-order valence-electron chi connectivity index (χ1n) is 10.8. The molecule has 9 heteroatoms. The lowest BCUT2D eigenvalue weighted by Crippen LogP contribution is -2.22. The molecular formula is C23H24N6O2S. The van der Waals surface area contributed by atoms with Crippen molar-refractivity contribution in [3.63, 3.8) is 0 Å². The van der Waals surface area contributed by atoms with Crippen molar-refractivity contribution < 1.29 is 9.53 Å². The summed E-state index contributed by atoms with van der Waals surface area (Å²) in [5, 5.41) is 17.1. The Morgan fingerprint density at radius 1 is 1.16 bits per heavy atom. The molecule has 32 heavy (non-hydrogen) atoms. The normalized spacial score (nSPS) is 14.4. The standard InChI is InChI=1S/C23H24N6O2S/c1-14-13-32-23(25-14)27-22(30)15-7-9-17(10-8-15)31-18-11-12-24-20-19(18)21(29-28-20)26-16-5-3-2-4-6-16/h7-13,16H,2-6H2,1H3,(H,25,27,30)(H2,24,26,28,29). The van der Waals surface area contributed by atoms with E-state index in [1.54, 1.807) is 30.5 Å². The Hall–Kier alpha value is -3.46. The van der Waals surface area contributed by atoms with Gasteiger partial charge in [0.05, 0.1) is 5.69 Å². The van der Waals surface area contributed by atoms with Crippen LogP contribution < -0.4 is 15.4 Å². The van der Waals surface area contributed by atoms with Crippen LogP contribution in [0.1, 0.15) is 48.2 Å². The molecule has 0 unspecified atom stereocenters. The fraction of sp³-hybridized carbons (Fsp3) is 0.304. The number of carbonyl (C=O) groups excluding carboxylic acids is 1. The molecule has 3 N–H and O–H groups in total. The smallest absolute Gasteiger partial charge is 0.257 e. The lowest BCUT2D eigenvalue weighted by molar-refractivity contribution is 0.102. The summed E-state index contributed by atoms with van der Waals surface area (Å²) in [4.78, 5) is 21.1. The molecule has 0 atom stereocenters. The van der Waals surface area contributed by atoms with Crippen molar-refractivity contribution in [1.29, 1.82) is 0 Å². The number of hydrogen-bond donors (Lipinski definition) is 3. The van der Waals surface area contributed by atoms with Crippen LogP contribution in [-0.4, -0.2) is 32.1 Å². The maximum Gasteiger partial charge on any atom is 0.257 e. The summed E-state index contributed by atoms with van der Waals surface area (Å²) in [6, 6.07) is 9.28. The van der Waals surface area contributed by atoms with E-state index in [-0.39, 0.29) is 5.91 Å². The number of carbonyl (C=O) groups is 1. The molecule has 0 aliphatic heterocycles. The molecule has 5 rings (SSSR count). The van der Waals surface area contributed by atoms with Gasteiger partial charge in [-0.25, -0.2) is 9.97 Å². The number of aryl methyl sites for hydroxylation is 1. The van der Waals surface area contributed by atoms with Gasteiger partial charge in [-0.2, -0.15) is 5.10 Å². The summed E-state index contributed by atoms with van der Waals surface area (Å²) < 4.78 is 6.15. The van der Waals surface area contributed by atoms with E-state index in [1.165, 1.54) is 30.6 Å². The number of benzene rings is 1. The number of nitrogens with zero attached hydrogens (tertiary/aromatic N) is 3. The zero-order chi connectivity index (χ0) is 21.9. The van der Waals surface area contributed by atoms with E-state index in [4.69, 9.17) is 4.74 Å². The highest BCUT2D eigenvalue weighted by atomic mass is 32.1. The zero-order valence-electron chi connectivity index (χ0n) is 17.7. The molecule has 0 radical (unpaired) electrons. The number of pyridine rings is 1. The number of H-pyrrole nitrogens is 1. The molecule has 1 aliphatic carbocycles. The van der Waals surface area contributed by atoms with E-state index < -0.39 is 0 Å². The Balaban J connectivity index is 1.32. The van der Waals surface area contributed by atoms with Gasteiger partial charge in [-0.15, -0.1) is 11.3 Å². The topological polar surface area (TPSA) is 105 Å². The molecule has 0 saturated heterocycles. The minimum atomic E-state index is -0.203. The summed E-state index contributed by atoms with van der Waals surface area (Å²) in [6.07, 6.45) is 7.77. The number of fused-ring (bicyclic) bond motifs is 1. The number of aromatic amines is 1. The third-order valence-electron chi connectivity index (χ3n) is 5.55. The second kappa shape index (κ2) is 8.96. The Morgan fingerprint density at radius 3 is 2.72 bits per heavy atom. The molecule has 0 bridgehead atoms. The zero-order valence-corrected chi connectivity index (χ0v) is 18.5. The van der Waals surface area contributed by atoms with Crippen molar-refractivity contribution in [3.05, 3.63) is 53.2 Å². The highest BCUT2D eigenvalue weighted by Crippen LogP contribution is 2.34. The predicted molar refractivity (Wildman–Crippen MR) is 126 cm³/mol. The van der Waals surface area contributed by atoms with Crippen LogP contribution in [-0.2, 0) is 0 Å². The number of ether oxygens (including phenoxy) is 1. The number of hydrogen-bond acceptors (Lipinski definition) is 7. The molecule has 1 aliphatic rings. The van der Waals surface area contributed by atoms with Crippen molar-refractivity contribution in [1.82, 2.24) is 20.2 Å². The maximum atomic E-state index is 12.5. The predicted octanol–water partition coefficient (Wildman–Crippen LogP) is 5.51. The van der Waals surface area contributed by atoms with Crippen LogP contribution in [0.15, 0.2) is 41.9 Å². The van der Waals surface area contributed by atoms with Crippen LogP contribution in [0.3, 0.4) is 0 Å². The van der Waals surface area contributed by atoms with Crippen molar-refractivity contribution in [2.75, 3.05) is 10.6 Å². The summed E-state index contributed by atoms with van der Waals surface area (Å²) in [6.45, 7) is 1.89. The molecule has 0 spiro atoms. The van der Waals surface area contributed by atoms with Gasteiger partial charge in [-0.05, 0) is 44.0 Å². The number of aromatic nitrogens is 4. The SMILES string of the molecule is Cc1csc(NC(=O)c2ccc(Oc3ccnc4[nH]nc(NC5CCCCC5)c34)cc2)n1. The minimum absolute atomic E-state index is 0.203. The molecule has 4 aromatic rings. The van der Waals surface area contributed by atoms with E-state index in [2.05, 4.69) is 30.8 Å². The molecule has 3 heterocycles. The Bertz CT molecular complexity index is 1230. The van der Waals surface area contributed by atoms with Gasteiger partial charge in [0.1, 0.15) is 16.9 Å². The first-order valence-corrected chi connectivity index (χ1v) is 11.6. The largest absolute Gasteiger partial charge is 0.456 e. The van der Waals surface area contributed by atoms with Gasteiger partial charge in [0.2, 0.25) is 0 Å². The first kappa shape index (κ1) is 20.4. The van der Waals surface area contributed by atoms with Gasteiger partial charge in [-0.3, -0.25) is 15.2 Å². The number of anilines is 2. The van der Waals surface area contributed by atoms with E-state index in [0.29, 0.717) is 33.9 Å². The number of rotatable bonds is 6. The van der Waals surface area contributed by atoms with Crippen LogP contribution in [0.2, 0.25) is 0 Å². The Labute approximate surface area is 189 Å². The van der Waals surface area contributed by atoms with E-state index in [9.17, 15) is 4.79 Å². The minimum Gasteiger partial charge on any atom is -0.456 e. The molecule has 1 amide bonds. The lowest BCUT2D eigenvalue weighted by Gasteiger charge is -2.22. The molecule has 1 saturated carbocycles. The summed E-state index contributed by atoms with van der Waals surface area (Å²) >= 11 is 1.40. The van der Waals surface area contributed by atoms with Gasteiger partial charge >= 0.3 is 0 Å².